The van der Waals surface area contributed by atoms with E-state index in [0.29, 0.717) is 25.3 Å². The summed E-state index contributed by atoms with van der Waals surface area (Å²) in [5.41, 5.74) is -0.125. The van der Waals surface area contributed by atoms with Crippen molar-refractivity contribution in [2.75, 3.05) is 20.3 Å². The van der Waals surface area contributed by atoms with Crippen LogP contribution in [0.4, 0.5) is 0 Å². The zero-order chi connectivity index (χ0) is 14.0. The van der Waals surface area contributed by atoms with E-state index in [-0.39, 0.29) is 12.5 Å². The van der Waals surface area contributed by atoms with Crippen LogP contribution >= 0.6 is 0 Å². The third kappa shape index (κ3) is 2.66. The number of likely N-dealkylation sites (tertiary alicyclic amines) is 1. The number of hydrogen-bond donors (Lipinski definition) is 1. The van der Waals surface area contributed by atoms with Gasteiger partial charge in [-0.3, -0.25) is 4.79 Å². The van der Waals surface area contributed by atoms with Gasteiger partial charge in [0.15, 0.2) is 5.54 Å². The minimum atomic E-state index is -1.19. The van der Waals surface area contributed by atoms with Crippen LogP contribution in [0.3, 0.4) is 0 Å². The fraction of sp³-hybridized carbons (Fsp3) is 0.714. The average Bonchev–Trinajstić information content (AvgIpc) is 3.11. The Bertz CT molecular complexity index is 414. The van der Waals surface area contributed by atoms with Gasteiger partial charge in [-0.15, -0.1) is 0 Å². The molecule has 0 aromatic rings. The Labute approximate surface area is 113 Å². The van der Waals surface area contributed by atoms with Crippen LogP contribution < -0.4 is 0 Å². The molecule has 106 valence electrons. The van der Waals surface area contributed by atoms with Crippen LogP contribution in [0.1, 0.15) is 32.6 Å². The largest absolute Gasteiger partial charge is 0.479 e. The van der Waals surface area contributed by atoms with Gasteiger partial charge < -0.3 is 14.7 Å². The zero-order valence-electron chi connectivity index (χ0n) is 11.5. The van der Waals surface area contributed by atoms with Crippen LogP contribution in [0.15, 0.2) is 11.6 Å². The third-order valence-electron chi connectivity index (χ3n) is 4.11. The smallest absolute Gasteiger partial charge is 0.332 e. The van der Waals surface area contributed by atoms with Gasteiger partial charge in [0.25, 0.3) is 0 Å². The van der Waals surface area contributed by atoms with E-state index < -0.39 is 11.5 Å². The van der Waals surface area contributed by atoms with Crippen molar-refractivity contribution in [1.82, 2.24) is 4.90 Å². The lowest BCUT2D eigenvalue weighted by Gasteiger charge is -2.33. The summed E-state index contributed by atoms with van der Waals surface area (Å²) in [6.07, 6.45) is 5.04. The summed E-state index contributed by atoms with van der Waals surface area (Å²) in [7, 11) is 1.47. The van der Waals surface area contributed by atoms with E-state index in [4.69, 9.17) is 4.74 Å². The van der Waals surface area contributed by atoms with E-state index >= 15 is 0 Å². The SMILES string of the molecule is COCC1(C(=O)O)CCCN1C(=O)/C=C(/C)C1CC1. The summed E-state index contributed by atoms with van der Waals surface area (Å²) in [6.45, 7) is 2.48. The number of allylic oxidation sites excluding steroid dienone is 1. The highest BCUT2D eigenvalue weighted by molar-refractivity contribution is 5.94. The van der Waals surface area contributed by atoms with Gasteiger partial charge in [0.05, 0.1) is 6.61 Å². The van der Waals surface area contributed by atoms with Crippen molar-refractivity contribution >= 4 is 11.9 Å². The van der Waals surface area contributed by atoms with Gasteiger partial charge >= 0.3 is 5.97 Å². The standard InChI is InChI=1S/C14H21NO4/c1-10(11-4-5-11)8-12(16)15-7-3-6-14(15,9-19-2)13(17)18/h8,11H,3-7,9H2,1-2H3,(H,17,18)/b10-8-. The van der Waals surface area contributed by atoms with E-state index in [9.17, 15) is 14.7 Å². The Hall–Kier alpha value is -1.36. The minimum Gasteiger partial charge on any atom is -0.479 e. The van der Waals surface area contributed by atoms with Gasteiger partial charge in [-0.1, -0.05) is 5.57 Å². The number of carbonyl (C=O) groups excluding carboxylic acids is 1. The summed E-state index contributed by atoms with van der Waals surface area (Å²) < 4.78 is 5.04. The Kier molecular flexibility index (Phi) is 3.94. The molecule has 1 amide bonds. The quantitative estimate of drug-likeness (QED) is 0.765. The molecule has 0 radical (unpaired) electrons. The van der Waals surface area contributed by atoms with Crippen molar-refractivity contribution in [1.29, 1.82) is 0 Å². The molecule has 1 aliphatic heterocycles. The number of carboxylic acid groups (broad SMARTS) is 1. The lowest BCUT2D eigenvalue weighted by molar-refractivity contribution is -0.158. The molecule has 19 heavy (non-hydrogen) atoms. The van der Waals surface area contributed by atoms with Crippen LogP contribution in [0.5, 0.6) is 0 Å². The molecular weight excluding hydrogens is 246 g/mol. The average molecular weight is 267 g/mol. The van der Waals surface area contributed by atoms with Gasteiger partial charge in [-0.2, -0.15) is 0 Å². The zero-order valence-corrected chi connectivity index (χ0v) is 11.5. The number of carbonyl (C=O) groups is 2. The molecule has 2 aliphatic rings. The molecule has 0 spiro atoms. The molecule has 1 aliphatic carbocycles. The predicted molar refractivity (Wildman–Crippen MR) is 69.7 cm³/mol. The van der Waals surface area contributed by atoms with Crippen molar-refractivity contribution in [3.8, 4) is 0 Å². The summed E-state index contributed by atoms with van der Waals surface area (Å²) in [5.74, 6) is -0.646. The fourth-order valence-corrected chi connectivity index (χ4v) is 2.80. The Balaban J connectivity index is 2.18. The van der Waals surface area contributed by atoms with Gasteiger partial charge in [0.1, 0.15) is 0 Å². The second-order valence-electron chi connectivity index (χ2n) is 5.53. The van der Waals surface area contributed by atoms with Crippen LogP contribution in [0.25, 0.3) is 0 Å². The number of amides is 1. The van der Waals surface area contributed by atoms with Crippen molar-refractivity contribution < 1.29 is 19.4 Å². The van der Waals surface area contributed by atoms with Gasteiger partial charge in [0.2, 0.25) is 5.91 Å². The highest BCUT2D eigenvalue weighted by atomic mass is 16.5. The maximum atomic E-state index is 12.3. The minimum absolute atomic E-state index is 0.0460. The summed E-state index contributed by atoms with van der Waals surface area (Å²) in [5, 5.41) is 9.48. The monoisotopic (exact) mass is 267 g/mol. The van der Waals surface area contributed by atoms with Crippen molar-refractivity contribution in [2.45, 2.75) is 38.1 Å². The summed E-state index contributed by atoms with van der Waals surface area (Å²) in [4.78, 5) is 25.3. The molecular formula is C14H21NO4. The Morgan fingerprint density at radius 3 is 2.68 bits per heavy atom. The van der Waals surface area contributed by atoms with Gasteiger partial charge in [-0.25, -0.2) is 4.79 Å². The van der Waals surface area contributed by atoms with E-state index in [0.717, 1.165) is 18.4 Å². The van der Waals surface area contributed by atoms with Crippen LogP contribution in [0.2, 0.25) is 0 Å². The van der Waals surface area contributed by atoms with Crippen molar-refractivity contribution in [2.24, 2.45) is 5.92 Å². The van der Waals surface area contributed by atoms with Gasteiger partial charge in [0, 0.05) is 19.7 Å². The first kappa shape index (κ1) is 14.1. The number of ether oxygens (including phenoxy) is 1. The van der Waals surface area contributed by atoms with Crippen molar-refractivity contribution in [3.05, 3.63) is 11.6 Å². The Morgan fingerprint density at radius 1 is 1.47 bits per heavy atom. The highest BCUT2D eigenvalue weighted by Crippen LogP contribution is 2.37. The van der Waals surface area contributed by atoms with Crippen LogP contribution in [-0.4, -0.2) is 47.7 Å². The molecule has 5 heteroatoms. The molecule has 5 nitrogen and oxygen atoms in total. The van der Waals surface area contributed by atoms with Crippen molar-refractivity contribution in [3.63, 3.8) is 0 Å². The first-order valence-corrected chi connectivity index (χ1v) is 6.73. The maximum Gasteiger partial charge on any atom is 0.332 e. The Morgan fingerprint density at radius 2 is 2.16 bits per heavy atom. The molecule has 0 aromatic heterocycles. The normalized spacial score (nSPS) is 27.7. The highest BCUT2D eigenvalue weighted by Gasteiger charge is 2.49. The maximum absolute atomic E-state index is 12.3. The molecule has 0 bridgehead atoms. The molecule has 2 fully saturated rings. The van der Waals surface area contributed by atoms with E-state index in [1.165, 1.54) is 12.0 Å². The van der Waals surface area contributed by atoms with E-state index in [1.54, 1.807) is 6.08 Å². The number of hydrogen-bond acceptors (Lipinski definition) is 3. The summed E-state index contributed by atoms with van der Waals surface area (Å²) in [6, 6.07) is 0. The van der Waals surface area contributed by atoms with Crippen LogP contribution in [0, 0.1) is 5.92 Å². The number of carboxylic acids is 1. The fourth-order valence-electron chi connectivity index (χ4n) is 2.80. The van der Waals surface area contributed by atoms with Gasteiger partial charge in [-0.05, 0) is 38.5 Å². The lowest BCUT2D eigenvalue weighted by atomic mass is 9.97. The molecule has 1 heterocycles. The second kappa shape index (κ2) is 5.33. The van der Waals surface area contributed by atoms with E-state index in [1.807, 2.05) is 6.92 Å². The molecule has 1 N–H and O–H groups in total. The number of aliphatic carboxylic acids is 1. The molecule has 2 rings (SSSR count). The molecule has 1 saturated heterocycles. The second-order valence-corrected chi connectivity index (χ2v) is 5.53. The topological polar surface area (TPSA) is 66.8 Å². The molecule has 1 saturated carbocycles. The lowest BCUT2D eigenvalue weighted by Crippen LogP contribution is -2.55. The molecule has 1 atom stereocenters. The molecule has 0 aromatic carbocycles. The van der Waals surface area contributed by atoms with E-state index in [2.05, 4.69) is 0 Å². The first-order chi connectivity index (χ1) is 9.01. The summed E-state index contributed by atoms with van der Waals surface area (Å²) >= 11 is 0. The third-order valence-corrected chi connectivity index (χ3v) is 4.11. The predicted octanol–water partition coefficient (Wildman–Crippen LogP) is 1.43. The van der Waals surface area contributed by atoms with Crippen LogP contribution in [-0.2, 0) is 14.3 Å². The number of nitrogens with zero attached hydrogens (tertiary/aromatic N) is 1. The molecule has 1 unspecified atom stereocenters. The number of rotatable bonds is 5. The number of methoxy groups -OCH3 is 1. The first-order valence-electron chi connectivity index (χ1n) is 6.73.